The second-order valence-corrected chi connectivity index (χ2v) is 9.25. The second kappa shape index (κ2) is 10.5. The summed E-state index contributed by atoms with van der Waals surface area (Å²) in [7, 11) is 0. The summed E-state index contributed by atoms with van der Waals surface area (Å²) >= 11 is 0. The van der Waals surface area contributed by atoms with Crippen LogP contribution in [0.5, 0.6) is 0 Å². The molecule has 2 aliphatic rings. The molecule has 0 spiro atoms. The molecule has 7 nitrogen and oxygen atoms in total. The summed E-state index contributed by atoms with van der Waals surface area (Å²) in [5, 5.41) is 71.7. The van der Waals surface area contributed by atoms with Gasteiger partial charge in [-0.1, -0.05) is 30.3 Å². The summed E-state index contributed by atoms with van der Waals surface area (Å²) < 4.78 is 0. The molecule has 0 amide bonds. The van der Waals surface area contributed by atoms with E-state index in [0.717, 1.165) is 12.0 Å². The average Bonchev–Trinajstić information content (AvgIpc) is 2.77. The van der Waals surface area contributed by atoms with Gasteiger partial charge in [0.05, 0.1) is 24.4 Å². The molecule has 0 aromatic heterocycles. The largest absolute Gasteiger partial charge is 0.396 e. The van der Waals surface area contributed by atoms with E-state index in [1.165, 1.54) is 0 Å². The number of aliphatic hydroxyl groups excluding tert-OH is 7. The van der Waals surface area contributed by atoms with Crippen LogP contribution in [0.15, 0.2) is 30.3 Å². The first-order chi connectivity index (χ1) is 14.4. The van der Waals surface area contributed by atoms with Gasteiger partial charge < -0.3 is 35.7 Å². The Bertz CT molecular complexity index is 638. The molecule has 1 aromatic rings. The lowest BCUT2D eigenvalue weighted by Gasteiger charge is -2.46. The van der Waals surface area contributed by atoms with Crippen LogP contribution in [0.3, 0.4) is 0 Å². The standard InChI is InChI=1S/C23H36O7/c24-11-16-8-14(7-6-13-4-2-1-3-5-13)19(26)22(29)18(16)10-15-9-17(12-25)21(28)23(30)20(15)27/h1-5,14-30H,6-12H2. The van der Waals surface area contributed by atoms with Gasteiger partial charge in [-0.05, 0) is 61.3 Å². The molecule has 10 atom stereocenters. The Morgan fingerprint density at radius 1 is 0.633 bits per heavy atom. The molecule has 3 rings (SSSR count). The maximum Gasteiger partial charge on any atom is 0.106 e. The van der Waals surface area contributed by atoms with Crippen molar-refractivity contribution in [2.45, 2.75) is 62.6 Å². The molecule has 1 aromatic carbocycles. The van der Waals surface area contributed by atoms with Crippen LogP contribution < -0.4 is 0 Å². The molecule has 7 heteroatoms. The van der Waals surface area contributed by atoms with E-state index in [9.17, 15) is 35.7 Å². The summed E-state index contributed by atoms with van der Waals surface area (Å²) in [6.45, 7) is -0.435. The predicted octanol–water partition coefficient (Wildman–Crippen LogP) is -0.313. The number of hydrogen-bond acceptors (Lipinski definition) is 7. The van der Waals surface area contributed by atoms with Crippen LogP contribution >= 0.6 is 0 Å². The summed E-state index contributed by atoms with van der Waals surface area (Å²) in [5.74, 6) is -1.79. The highest BCUT2D eigenvalue weighted by Gasteiger charge is 2.47. The zero-order valence-electron chi connectivity index (χ0n) is 17.2. The predicted molar refractivity (Wildman–Crippen MR) is 110 cm³/mol. The number of rotatable bonds is 7. The molecule has 2 fully saturated rings. The molecule has 0 radical (unpaired) electrons. The minimum atomic E-state index is -1.36. The highest BCUT2D eigenvalue weighted by molar-refractivity contribution is 5.15. The number of benzene rings is 1. The van der Waals surface area contributed by atoms with Crippen molar-refractivity contribution in [3.8, 4) is 0 Å². The zero-order chi connectivity index (χ0) is 21.8. The van der Waals surface area contributed by atoms with Gasteiger partial charge in [0.2, 0.25) is 0 Å². The van der Waals surface area contributed by atoms with Crippen LogP contribution in [0, 0.1) is 29.6 Å². The summed E-state index contributed by atoms with van der Waals surface area (Å²) in [6, 6.07) is 9.94. The van der Waals surface area contributed by atoms with Crippen molar-refractivity contribution in [2.75, 3.05) is 13.2 Å². The molecule has 10 unspecified atom stereocenters. The first-order valence-corrected chi connectivity index (χ1v) is 11.0. The van der Waals surface area contributed by atoms with Crippen molar-refractivity contribution in [3.63, 3.8) is 0 Å². The highest BCUT2D eigenvalue weighted by Crippen LogP contribution is 2.43. The topological polar surface area (TPSA) is 142 Å². The molecule has 30 heavy (non-hydrogen) atoms. The van der Waals surface area contributed by atoms with Crippen LogP contribution in [-0.2, 0) is 6.42 Å². The van der Waals surface area contributed by atoms with Gasteiger partial charge >= 0.3 is 0 Å². The molecule has 0 aliphatic heterocycles. The van der Waals surface area contributed by atoms with Crippen molar-refractivity contribution >= 4 is 0 Å². The summed E-state index contributed by atoms with van der Waals surface area (Å²) in [6.07, 6.45) is -3.03. The zero-order valence-corrected chi connectivity index (χ0v) is 17.2. The van der Waals surface area contributed by atoms with Gasteiger partial charge in [0.25, 0.3) is 0 Å². The van der Waals surface area contributed by atoms with Crippen LogP contribution in [0.25, 0.3) is 0 Å². The van der Waals surface area contributed by atoms with E-state index in [2.05, 4.69) is 0 Å². The van der Waals surface area contributed by atoms with Gasteiger partial charge in [-0.2, -0.15) is 0 Å². The molecule has 0 saturated heterocycles. The Morgan fingerprint density at radius 2 is 1.20 bits per heavy atom. The fourth-order valence-electron chi connectivity index (χ4n) is 5.54. The maximum atomic E-state index is 10.9. The quantitative estimate of drug-likeness (QED) is 0.318. The van der Waals surface area contributed by atoms with Crippen molar-refractivity contribution in [3.05, 3.63) is 35.9 Å². The second-order valence-electron chi connectivity index (χ2n) is 9.25. The Kier molecular flexibility index (Phi) is 8.26. The van der Waals surface area contributed by atoms with E-state index in [1.807, 2.05) is 30.3 Å². The fraction of sp³-hybridized carbons (Fsp3) is 0.739. The first kappa shape index (κ1) is 23.6. The first-order valence-electron chi connectivity index (χ1n) is 11.0. The van der Waals surface area contributed by atoms with E-state index >= 15 is 0 Å². The van der Waals surface area contributed by atoms with Crippen molar-refractivity contribution < 1.29 is 35.7 Å². The molecule has 170 valence electrons. The van der Waals surface area contributed by atoms with E-state index in [4.69, 9.17) is 0 Å². The smallest absolute Gasteiger partial charge is 0.106 e. The molecular formula is C23H36O7. The van der Waals surface area contributed by atoms with Crippen LogP contribution in [0.4, 0.5) is 0 Å². The van der Waals surface area contributed by atoms with E-state index in [0.29, 0.717) is 25.7 Å². The van der Waals surface area contributed by atoms with Crippen LogP contribution in [-0.4, -0.2) is 79.5 Å². The number of aryl methyl sites for hydroxylation is 1. The SMILES string of the molecule is OCC1CC(CC2C(CO)CC(CCc3ccccc3)C(O)C2O)C(O)C(O)C1O. The van der Waals surface area contributed by atoms with E-state index in [1.54, 1.807) is 0 Å². The van der Waals surface area contributed by atoms with E-state index < -0.39 is 48.3 Å². The maximum absolute atomic E-state index is 10.9. The van der Waals surface area contributed by atoms with Crippen molar-refractivity contribution in [1.29, 1.82) is 0 Å². The average molecular weight is 425 g/mol. The third kappa shape index (κ3) is 5.05. The molecule has 2 saturated carbocycles. The molecule has 2 aliphatic carbocycles. The monoisotopic (exact) mass is 424 g/mol. The van der Waals surface area contributed by atoms with Gasteiger partial charge in [-0.3, -0.25) is 0 Å². The van der Waals surface area contributed by atoms with Gasteiger partial charge in [0.1, 0.15) is 6.10 Å². The number of hydrogen-bond donors (Lipinski definition) is 7. The Labute approximate surface area is 177 Å². The third-order valence-corrected chi connectivity index (χ3v) is 7.44. The Balaban J connectivity index is 1.66. The van der Waals surface area contributed by atoms with Gasteiger partial charge in [0, 0.05) is 19.1 Å². The van der Waals surface area contributed by atoms with Crippen molar-refractivity contribution in [2.24, 2.45) is 29.6 Å². The van der Waals surface area contributed by atoms with Crippen LogP contribution in [0.1, 0.15) is 31.2 Å². The lowest BCUT2D eigenvalue weighted by molar-refractivity contribution is -0.159. The highest BCUT2D eigenvalue weighted by atomic mass is 16.4. The molecule has 0 bridgehead atoms. The van der Waals surface area contributed by atoms with Crippen molar-refractivity contribution in [1.82, 2.24) is 0 Å². The van der Waals surface area contributed by atoms with Gasteiger partial charge in [-0.15, -0.1) is 0 Å². The molecule has 7 N–H and O–H groups in total. The normalized spacial score (nSPS) is 42.2. The Hall–Kier alpha value is -1.06. The lowest BCUT2D eigenvalue weighted by Crippen LogP contribution is -2.54. The molecule has 0 heterocycles. The lowest BCUT2D eigenvalue weighted by atomic mass is 9.64. The Morgan fingerprint density at radius 3 is 1.83 bits per heavy atom. The van der Waals surface area contributed by atoms with E-state index in [-0.39, 0.29) is 25.0 Å². The minimum Gasteiger partial charge on any atom is -0.396 e. The summed E-state index contributed by atoms with van der Waals surface area (Å²) in [4.78, 5) is 0. The molecular weight excluding hydrogens is 388 g/mol. The van der Waals surface area contributed by atoms with Gasteiger partial charge in [0.15, 0.2) is 0 Å². The van der Waals surface area contributed by atoms with Gasteiger partial charge in [-0.25, -0.2) is 0 Å². The fourth-order valence-corrected chi connectivity index (χ4v) is 5.54. The summed E-state index contributed by atoms with van der Waals surface area (Å²) in [5.41, 5.74) is 1.16. The number of aliphatic hydroxyl groups is 7. The van der Waals surface area contributed by atoms with Crippen LogP contribution in [0.2, 0.25) is 0 Å². The third-order valence-electron chi connectivity index (χ3n) is 7.44. The minimum absolute atomic E-state index is 0.131.